The van der Waals surface area contributed by atoms with Gasteiger partial charge in [-0.1, -0.05) is 35.9 Å². The molecule has 1 saturated heterocycles. The molecule has 1 fully saturated rings. The summed E-state index contributed by atoms with van der Waals surface area (Å²) in [6.07, 6.45) is 1.23. The van der Waals surface area contributed by atoms with Crippen LogP contribution in [0.1, 0.15) is 5.56 Å². The Morgan fingerprint density at radius 2 is 1.58 bits per heavy atom. The lowest BCUT2D eigenvalue weighted by Crippen LogP contribution is -2.54. The zero-order chi connectivity index (χ0) is 26.0. The number of non-ortho nitro benzene ring substituents is 1. The maximum atomic E-state index is 12.9. The molecule has 4 amide bonds. The molecule has 0 atom stereocenters. The highest BCUT2D eigenvalue weighted by atomic mass is 35.5. The molecule has 0 radical (unpaired) electrons. The standard InChI is InChI=1S/C23H13ClN4O8/c24-17-11-13(6-8-19(17)36-20-9-7-15(27(32)33)12-18(20)28(34)35)10-16-21(29)25-23(31)26(22(16)30)14-4-2-1-3-5-14/h1-12H,(H,25,29,31)/b16-10+. The van der Waals surface area contributed by atoms with Crippen LogP contribution in [0.3, 0.4) is 0 Å². The predicted molar refractivity (Wildman–Crippen MR) is 127 cm³/mol. The number of carbonyl (C=O) groups is 3. The lowest BCUT2D eigenvalue weighted by atomic mass is 10.1. The SMILES string of the molecule is O=C1NC(=O)N(c2ccccc2)C(=O)/C1=C/c1ccc(Oc2ccc([N+](=O)[O-])cc2[N+](=O)[O-])c(Cl)c1. The third kappa shape index (κ3) is 4.74. The number of carbonyl (C=O) groups excluding carboxylic acids is 3. The van der Waals surface area contributed by atoms with E-state index in [1.165, 1.54) is 36.4 Å². The molecule has 180 valence electrons. The van der Waals surface area contributed by atoms with Gasteiger partial charge in [0.05, 0.1) is 26.6 Å². The molecule has 1 aliphatic rings. The molecule has 0 aromatic heterocycles. The first-order valence-corrected chi connectivity index (χ1v) is 10.4. The first-order chi connectivity index (χ1) is 17.2. The number of nitro groups is 2. The van der Waals surface area contributed by atoms with Crippen LogP contribution in [0.25, 0.3) is 6.08 Å². The summed E-state index contributed by atoms with van der Waals surface area (Å²) in [5.41, 5.74) is -0.882. The van der Waals surface area contributed by atoms with Gasteiger partial charge >= 0.3 is 11.7 Å². The van der Waals surface area contributed by atoms with Crippen molar-refractivity contribution in [1.82, 2.24) is 5.32 Å². The number of imide groups is 2. The molecule has 0 saturated carbocycles. The summed E-state index contributed by atoms with van der Waals surface area (Å²) in [5, 5.41) is 24.3. The van der Waals surface area contributed by atoms with Crippen LogP contribution in [0.5, 0.6) is 11.5 Å². The topological polar surface area (TPSA) is 162 Å². The molecule has 1 N–H and O–H groups in total. The van der Waals surface area contributed by atoms with Gasteiger partial charge in [-0.25, -0.2) is 9.69 Å². The minimum absolute atomic E-state index is 0.0173. The fourth-order valence-corrected chi connectivity index (χ4v) is 3.52. The Labute approximate surface area is 206 Å². The second kappa shape index (κ2) is 9.64. The molecule has 0 aliphatic carbocycles. The van der Waals surface area contributed by atoms with Crippen LogP contribution in [-0.4, -0.2) is 27.7 Å². The van der Waals surface area contributed by atoms with Gasteiger partial charge in [0.1, 0.15) is 11.3 Å². The highest BCUT2D eigenvalue weighted by Gasteiger charge is 2.36. The van der Waals surface area contributed by atoms with E-state index in [2.05, 4.69) is 5.32 Å². The Bertz CT molecular complexity index is 1470. The van der Waals surface area contributed by atoms with E-state index in [0.29, 0.717) is 5.56 Å². The molecular weight excluding hydrogens is 496 g/mol. The van der Waals surface area contributed by atoms with Gasteiger partial charge in [0.2, 0.25) is 5.75 Å². The Hall–Kier alpha value is -5.10. The average molecular weight is 509 g/mol. The molecule has 0 bridgehead atoms. The van der Waals surface area contributed by atoms with Crippen LogP contribution in [0, 0.1) is 20.2 Å². The zero-order valence-corrected chi connectivity index (χ0v) is 18.7. The molecule has 1 aliphatic heterocycles. The molecule has 3 aromatic rings. The molecule has 1 heterocycles. The molecule has 0 spiro atoms. The summed E-state index contributed by atoms with van der Waals surface area (Å²) in [6, 6.07) is 14.1. The molecule has 3 aromatic carbocycles. The molecule has 36 heavy (non-hydrogen) atoms. The Morgan fingerprint density at radius 1 is 0.889 bits per heavy atom. The Balaban J connectivity index is 1.63. The number of hydrogen-bond acceptors (Lipinski definition) is 8. The lowest BCUT2D eigenvalue weighted by molar-refractivity contribution is -0.394. The van der Waals surface area contributed by atoms with Crippen LogP contribution < -0.4 is 15.0 Å². The average Bonchev–Trinajstić information content (AvgIpc) is 2.84. The van der Waals surface area contributed by atoms with E-state index in [4.69, 9.17) is 16.3 Å². The third-order valence-electron chi connectivity index (χ3n) is 4.95. The maximum Gasteiger partial charge on any atom is 0.335 e. The second-order valence-electron chi connectivity index (χ2n) is 7.25. The number of nitro benzene ring substituents is 2. The predicted octanol–water partition coefficient (Wildman–Crippen LogP) is 4.62. The van der Waals surface area contributed by atoms with Crippen LogP contribution in [0.2, 0.25) is 5.02 Å². The summed E-state index contributed by atoms with van der Waals surface area (Å²) >= 11 is 6.25. The van der Waals surface area contributed by atoms with E-state index >= 15 is 0 Å². The van der Waals surface area contributed by atoms with Gasteiger partial charge in [0, 0.05) is 6.07 Å². The number of para-hydroxylation sites is 1. The van der Waals surface area contributed by atoms with Crippen LogP contribution in [0.4, 0.5) is 21.9 Å². The number of nitrogens with zero attached hydrogens (tertiary/aromatic N) is 3. The molecule has 0 unspecified atom stereocenters. The zero-order valence-electron chi connectivity index (χ0n) is 17.9. The summed E-state index contributed by atoms with van der Waals surface area (Å²) in [5.74, 6) is -2.03. The molecule has 12 nitrogen and oxygen atoms in total. The van der Waals surface area contributed by atoms with E-state index in [1.807, 2.05) is 0 Å². The number of rotatable bonds is 6. The van der Waals surface area contributed by atoms with Gasteiger partial charge in [-0.3, -0.25) is 35.1 Å². The number of ether oxygens (including phenoxy) is 1. The minimum Gasteiger partial charge on any atom is -0.449 e. The van der Waals surface area contributed by atoms with Gasteiger partial charge in [0.25, 0.3) is 17.5 Å². The van der Waals surface area contributed by atoms with Gasteiger partial charge < -0.3 is 4.74 Å². The normalized spacial score (nSPS) is 14.5. The molecular formula is C23H13ClN4O8. The number of halogens is 1. The summed E-state index contributed by atoms with van der Waals surface area (Å²) in [6.45, 7) is 0. The quantitative estimate of drug-likeness (QED) is 0.218. The minimum atomic E-state index is -0.893. The Morgan fingerprint density at radius 3 is 2.22 bits per heavy atom. The van der Waals surface area contributed by atoms with Crippen molar-refractivity contribution >= 4 is 52.6 Å². The molecule has 4 rings (SSSR count). The van der Waals surface area contributed by atoms with E-state index in [-0.39, 0.29) is 27.8 Å². The van der Waals surface area contributed by atoms with Crippen molar-refractivity contribution in [2.24, 2.45) is 0 Å². The van der Waals surface area contributed by atoms with E-state index in [1.54, 1.807) is 18.2 Å². The first-order valence-electron chi connectivity index (χ1n) is 10.0. The van der Waals surface area contributed by atoms with Gasteiger partial charge in [-0.2, -0.15) is 0 Å². The second-order valence-corrected chi connectivity index (χ2v) is 7.66. The third-order valence-corrected chi connectivity index (χ3v) is 5.25. The number of anilines is 1. The van der Waals surface area contributed by atoms with Gasteiger partial charge in [-0.15, -0.1) is 0 Å². The fourth-order valence-electron chi connectivity index (χ4n) is 3.29. The smallest absolute Gasteiger partial charge is 0.335 e. The van der Waals surface area contributed by atoms with E-state index < -0.39 is 39.1 Å². The van der Waals surface area contributed by atoms with Crippen LogP contribution in [-0.2, 0) is 9.59 Å². The van der Waals surface area contributed by atoms with Gasteiger partial charge in [0.15, 0.2) is 0 Å². The summed E-state index contributed by atoms with van der Waals surface area (Å²) in [4.78, 5) is 59.0. The number of nitrogens with one attached hydrogen (secondary N) is 1. The largest absolute Gasteiger partial charge is 0.449 e. The van der Waals surface area contributed by atoms with E-state index in [9.17, 15) is 34.6 Å². The van der Waals surface area contributed by atoms with Crippen molar-refractivity contribution in [2.75, 3.05) is 4.90 Å². The number of hydrogen-bond donors (Lipinski definition) is 1. The fraction of sp³-hybridized carbons (Fsp3) is 0. The number of benzene rings is 3. The van der Waals surface area contributed by atoms with Crippen molar-refractivity contribution in [1.29, 1.82) is 0 Å². The number of amides is 4. The highest BCUT2D eigenvalue weighted by molar-refractivity contribution is 6.39. The number of urea groups is 1. The van der Waals surface area contributed by atoms with Crippen molar-refractivity contribution in [3.8, 4) is 11.5 Å². The Kier molecular flexibility index (Phi) is 6.44. The first kappa shape index (κ1) is 24.0. The van der Waals surface area contributed by atoms with Crippen LogP contribution in [0.15, 0.2) is 72.3 Å². The van der Waals surface area contributed by atoms with E-state index in [0.717, 1.165) is 23.1 Å². The maximum absolute atomic E-state index is 12.9. The molecule has 13 heteroatoms. The van der Waals surface area contributed by atoms with Crippen molar-refractivity contribution in [2.45, 2.75) is 0 Å². The summed E-state index contributed by atoms with van der Waals surface area (Å²) < 4.78 is 5.50. The monoisotopic (exact) mass is 508 g/mol. The van der Waals surface area contributed by atoms with Crippen LogP contribution >= 0.6 is 11.6 Å². The van der Waals surface area contributed by atoms with Crippen molar-refractivity contribution in [3.63, 3.8) is 0 Å². The van der Waals surface area contributed by atoms with Crippen molar-refractivity contribution < 1.29 is 29.0 Å². The van der Waals surface area contributed by atoms with Gasteiger partial charge in [-0.05, 0) is 42.0 Å². The number of barbiturate groups is 1. The lowest BCUT2D eigenvalue weighted by Gasteiger charge is -2.26. The van der Waals surface area contributed by atoms with Crippen molar-refractivity contribution in [3.05, 3.63) is 103 Å². The highest BCUT2D eigenvalue weighted by Crippen LogP contribution is 2.37. The summed E-state index contributed by atoms with van der Waals surface area (Å²) in [7, 11) is 0.